The van der Waals surface area contributed by atoms with E-state index in [0.29, 0.717) is 23.6 Å². The van der Waals surface area contributed by atoms with Gasteiger partial charge in [-0.15, -0.1) is 11.6 Å². The van der Waals surface area contributed by atoms with E-state index in [1.807, 2.05) is 19.9 Å². The summed E-state index contributed by atoms with van der Waals surface area (Å²) in [4.78, 5) is 0.333. The predicted molar refractivity (Wildman–Crippen MR) is 75.5 cm³/mol. The van der Waals surface area contributed by atoms with Crippen molar-refractivity contribution in [3.8, 4) is 0 Å². The van der Waals surface area contributed by atoms with Crippen LogP contribution in [-0.4, -0.2) is 19.8 Å². The highest BCUT2D eigenvalue weighted by atomic mass is 35.5. The maximum absolute atomic E-state index is 12.3. The lowest BCUT2D eigenvalue weighted by Gasteiger charge is -2.28. The van der Waals surface area contributed by atoms with Gasteiger partial charge in [0.2, 0.25) is 10.0 Å². The molecule has 1 rings (SSSR count). The van der Waals surface area contributed by atoms with Gasteiger partial charge in [0.1, 0.15) is 0 Å². The van der Waals surface area contributed by atoms with E-state index >= 15 is 0 Å². The third kappa shape index (κ3) is 3.70. The zero-order valence-corrected chi connectivity index (χ0v) is 12.6. The monoisotopic (exact) mass is 289 g/mol. The summed E-state index contributed by atoms with van der Waals surface area (Å²) < 4.78 is 27.5. The average molecular weight is 290 g/mol. The Morgan fingerprint density at radius 1 is 1.33 bits per heavy atom. The first-order chi connectivity index (χ1) is 8.34. The fraction of sp³-hybridized carbons (Fsp3) is 0.538. The Kier molecular flexibility index (Phi) is 5.20. The van der Waals surface area contributed by atoms with Crippen LogP contribution in [0, 0.1) is 6.92 Å². The molecular formula is C13H20ClNO2S. The quantitative estimate of drug-likeness (QED) is 0.818. The number of halogens is 1. The highest BCUT2D eigenvalue weighted by molar-refractivity contribution is 7.89. The summed E-state index contributed by atoms with van der Waals surface area (Å²) in [6.07, 6.45) is 1.31. The van der Waals surface area contributed by atoms with Crippen LogP contribution in [-0.2, 0) is 10.0 Å². The molecule has 0 saturated heterocycles. The van der Waals surface area contributed by atoms with Crippen molar-refractivity contribution in [2.45, 2.75) is 44.0 Å². The summed E-state index contributed by atoms with van der Waals surface area (Å²) in [5.74, 6) is 0.431. The fourth-order valence-corrected chi connectivity index (χ4v) is 3.92. The minimum Gasteiger partial charge on any atom is -0.207 e. The highest BCUT2D eigenvalue weighted by Gasteiger charge is 2.29. The first-order valence-electron chi connectivity index (χ1n) is 6.00. The lowest BCUT2D eigenvalue weighted by atomic mass is 9.97. The van der Waals surface area contributed by atoms with Crippen molar-refractivity contribution in [1.82, 2.24) is 4.72 Å². The molecular weight excluding hydrogens is 270 g/mol. The number of alkyl halides is 1. The Morgan fingerprint density at radius 2 is 1.94 bits per heavy atom. The van der Waals surface area contributed by atoms with Crippen molar-refractivity contribution in [2.24, 2.45) is 0 Å². The maximum Gasteiger partial charge on any atom is 0.241 e. The summed E-state index contributed by atoms with van der Waals surface area (Å²) in [5, 5.41) is 0. The molecule has 1 aromatic rings. The largest absolute Gasteiger partial charge is 0.241 e. The number of rotatable bonds is 6. The van der Waals surface area contributed by atoms with E-state index in [4.69, 9.17) is 11.6 Å². The van der Waals surface area contributed by atoms with E-state index in [9.17, 15) is 8.42 Å². The Morgan fingerprint density at radius 3 is 2.44 bits per heavy atom. The number of aryl methyl sites for hydroxylation is 1. The Bertz CT molecular complexity index is 501. The van der Waals surface area contributed by atoms with E-state index in [0.717, 1.165) is 5.56 Å². The molecule has 0 aliphatic carbocycles. The molecule has 0 amide bonds. The number of benzene rings is 1. The lowest BCUT2D eigenvalue weighted by molar-refractivity contribution is 0.390. The summed E-state index contributed by atoms with van der Waals surface area (Å²) in [5.41, 5.74) is 0.248. The Labute approximate surface area is 115 Å². The van der Waals surface area contributed by atoms with Crippen molar-refractivity contribution in [2.75, 3.05) is 5.88 Å². The van der Waals surface area contributed by atoms with E-state index in [-0.39, 0.29) is 0 Å². The second kappa shape index (κ2) is 6.04. The number of sulfonamides is 1. The molecule has 0 heterocycles. The molecule has 0 spiro atoms. The van der Waals surface area contributed by atoms with Gasteiger partial charge in [-0.05, 0) is 38.3 Å². The molecule has 1 unspecified atom stereocenters. The first kappa shape index (κ1) is 15.5. The predicted octanol–water partition coefficient (Wildman–Crippen LogP) is 3.07. The molecule has 0 aliphatic heterocycles. The van der Waals surface area contributed by atoms with Crippen LogP contribution in [0.1, 0.15) is 32.3 Å². The van der Waals surface area contributed by atoms with E-state index in [1.54, 1.807) is 25.1 Å². The smallest absolute Gasteiger partial charge is 0.207 e. The zero-order valence-electron chi connectivity index (χ0n) is 11.0. The van der Waals surface area contributed by atoms with Crippen LogP contribution in [0.2, 0.25) is 0 Å². The van der Waals surface area contributed by atoms with Gasteiger partial charge in [-0.3, -0.25) is 0 Å². The van der Waals surface area contributed by atoms with Gasteiger partial charge >= 0.3 is 0 Å². The molecule has 0 aromatic heterocycles. The van der Waals surface area contributed by atoms with Gasteiger partial charge in [0.05, 0.1) is 4.90 Å². The first-order valence-corrected chi connectivity index (χ1v) is 8.02. The highest BCUT2D eigenvalue weighted by Crippen LogP contribution is 2.21. The molecule has 1 atom stereocenters. The van der Waals surface area contributed by atoms with Crippen molar-refractivity contribution < 1.29 is 8.42 Å². The third-order valence-electron chi connectivity index (χ3n) is 3.19. The molecule has 1 N–H and O–H groups in total. The summed E-state index contributed by atoms with van der Waals surface area (Å²) in [7, 11) is -3.49. The molecule has 0 bridgehead atoms. The van der Waals surface area contributed by atoms with Gasteiger partial charge in [-0.1, -0.05) is 25.1 Å². The van der Waals surface area contributed by atoms with Crippen LogP contribution in [0.5, 0.6) is 0 Å². The fourth-order valence-electron chi connectivity index (χ4n) is 1.75. The van der Waals surface area contributed by atoms with Crippen LogP contribution in [0.15, 0.2) is 29.2 Å². The SMILES string of the molecule is CCC(C)(CCCl)NS(=O)(=O)c1ccccc1C. The average Bonchev–Trinajstić information content (AvgIpc) is 2.29. The summed E-state index contributed by atoms with van der Waals surface area (Å²) >= 11 is 5.74. The van der Waals surface area contributed by atoms with Gasteiger partial charge in [0, 0.05) is 11.4 Å². The van der Waals surface area contributed by atoms with Crippen LogP contribution in [0.3, 0.4) is 0 Å². The molecule has 1 aromatic carbocycles. The molecule has 0 radical (unpaired) electrons. The summed E-state index contributed by atoms with van der Waals surface area (Å²) in [6, 6.07) is 6.96. The number of hydrogen-bond acceptors (Lipinski definition) is 2. The minimum atomic E-state index is -3.49. The minimum absolute atomic E-state index is 0.333. The maximum atomic E-state index is 12.3. The zero-order chi connectivity index (χ0) is 13.8. The van der Waals surface area contributed by atoms with Gasteiger partial charge in [-0.2, -0.15) is 0 Å². The Hall–Kier alpha value is -0.580. The van der Waals surface area contributed by atoms with Crippen molar-refractivity contribution >= 4 is 21.6 Å². The standard InChI is InChI=1S/C13H20ClNO2S/c1-4-13(3,9-10-14)15-18(16,17)12-8-6-5-7-11(12)2/h5-8,15H,4,9-10H2,1-3H3. The van der Waals surface area contributed by atoms with Crippen LogP contribution >= 0.6 is 11.6 Å². The molecule has 102 valence electrons. The molecule has 0 fully saturated rings. The second-order valence-corrected chi connectivity index (χ2v) is 6.75. The molecule has 0 saturated carbocycles. The number of hydrogen-bond donors (Lipinski definition) is 1. The second-order valence-electron chi connectivity index (χ2n) is 4.72. The van der Waals surface area contributed by atoms with Crippen molar-refractivity contribution in [3.63, 3.8) is 0 Å². The van der Waals surface area contributed by atoms with Crippen LogP contribution < -0.4 is 4.72 Å². The van der Waals surface area contributed by atoms with E-state index in [1.165, 1.54) is 0 Å². The third-order valence-corrected chi connectivity index (χ3v) is 5.18. The van der Waals surface area contributed by atoms with Crippen molar-refractivity contribution in [3.05, 3.63) is 29.8 Å². The van der Waals surface area contributed by atoms with Gasteiger partial charge in [-0.25, -0.2) is 13.1 Å². The normalized spacial score (nSPS) is 15.3. The lowest BCUT2D eigenvalue weighted by Crippen LogP contribution is -2.45. The topological polar surface area (TPSA) is 46.2 Å². The van der Waals surface area contributed by atoms with E-state index in [2.05, 4.69) is 4.72 Å². The van der Waals surface area contributed by atoms with Crippen molar-refractivity contribution in [1.29, 1.82) is 0 Å². The molecule has 5 heteroatoms. The van der Waals surface area contributed by atoms with E-state index < -0.39 is 15.6 Å². The van der Waals surface area contributed by atoms with Gasteiger partial charge in [0.15, 0.2) is 0 Å². The number of nitrogens with one attached hydrogen (secondary N) is 1. The van der Waals surface area contributed by atoms with Gasteiger partial charge in [0.25, 0.3) is 0 Å². The van der Waals surface area contributed by atoms with Gasteiger partial charge < -0.3 is 0 Å². The van der Waals surface area contributed by atoms with Crippen LogP contribution in [0.4, 0.5) is 0 Å². The van der Waals surface area contributed by atoms with Crippen LogP contribution in [0.25, 0.3) is 0 Å². The molecule has 0 aliphatic rings. The Balaban J connectivity index is 3.06. The molecule has 3 nitrogen and oxygen atoms in total. The summed E-state index contributed by atoms with van der Waals surface area (Å²) in [6.45, 7) is 5.62. The molecule has 18 heavy (non-hydrogen) atoms.